The summed E-state index contributed by atoms with van der Waals surface area (Å²) < 4.78 is 13.7. The third-order valence-electron chi connectivity index (χ3n) is 3.99. The molecular formula is C20H20ClFN6O. The number of aryl methyl sites for hydroxylation is 1. The summed E-state index contributed by atoms with van der Waals surface area (Å²) in [5, 5.41) is 9.17. The van der Waals surface area contributed by atoms with Crippen LogP contribution in [0.2, 0.25) is 5.02 Å². The maximum absolute atomic E-state index is 13.7. The molecule has 0 aliphatic carbocycles. The fourth-order valence-corrected chi connectivity index (χ4v) is 2.80. The lowest BCUT2D eigenvalue weighted by Crippen LogP contribution is -2.30. The number of halogens is 2. The van der Waals surface area contributed by atoms with Crippen LogP contribution in [0.4, 0.5) is 21.8 Å². The molecule has 3 N–H and O–H groups in total. The lowest BCUT2D eigenvalue weighted by Gasteiger charge is -2.10. The average Bonchev–Trinajstić information content (AvgIpc) is 2.69. The number of aromatic nitrogens is 3. The van der Waals surface area contributed by atoms with Crippen molar-refractivity contribution in [2.75, 3.05) is 23.7 Å². The number of pyridine rings is 1. The Morgan fingerprint density at radius 1 is 1.07 bits per heavy atom. The average molecular weight is 415 g/mol. The van der Waals surface area contributed by atoms with E-state index in [4.69, 9.17) is 11.6 Å². The van der Waals surface area contributed by atoms with E-state index in [2.05, 4.69) is 30.9 Å². The molecule has 1 aromatic carbocycles. The Morgan fingerprint density at radius 3 is 2.66 bits per heavy atom. The van der Waals surface area contributed by atoms with Crippen LogP contribution in [0.25, 0.3) is 0 Å². The monoisotopic (exact) mass is 414 g/mol. The minimum absolute atomic E-state index is 0.115. The normalized spacial score (nSPS) is 10.4. The Hall–Kier alpha value is -3.26. The van der Waals surface area contributed by atoms with Crippen LogP contribution in [0, 0.1) is 12.7 Å². The molecule has 150 valence electrons. The molecule has 0 saturated heterocycles. The molecule has 0 spiro atoms. The molecule has 0 atom stereocenters. The van der Waals surface area contributed by atoms with Gasteiger partial charge in [0.1, 0.15) is 29.6 Å². The number of nitrogens with one attached hydrogen (secondary N) is 3. The number of hydrogen-bond donors (Lipinski definition) is 3. The van der Waals surface area contributed by atoms with E-state index in [0.29, 0.717) is 30.5 Å². The first-order valence-electron chi connectivity index (χ1n) is 8.96. The van der Waals surface area contributed by atoms with Gasteiger partial charge in [0.05, 0.1) is 6.42 Å². The van der Waals surface area contributed by atoms with E-state index in [-0.39, 0.29) is 22.9 Å². The van der Waals surface area contributed by atoms with Crippen LogP contribution in [0.5, 0.6) is 0 Å². The van der Waals surface area contributed by atoms with E-state index in [1.54, 1.807) is 18.3 Å². The Balaban J connectivity index is 1.46. The molecule has 0 aliphatic rings. The number of anilines is 3. The van der Waals surface area contributed by atoms with Gasteiger partial charge in [0.2, 0.25) is 5.91 Å². The number of rotatable bonds is 8. The van der Waals surface area contributed by atoms with Crippen LogP contribution >= 0.6 is 11.6 Å². The van der Waals surface area contributed by atoms with Gasteiger partial charge in [-0.2, -0.15) is 0 Å². The molecule has 0 radical (unpaired) electrons. The molecule has 3 aromatic rings. The van der Waals surface area contributed by atoms with Gasteiger partial charge in [-0.1, -0.05) is 17.7 Å². The van der Waals surface area contributed by atoms with Gasteiger partial charge in [-0.15, -0.1) is 0 Å². The summed E-state index contributed by atoms with van der Waals surface area (Å²) >= 11 is 5.94. The van der Waals surface area contributed by atoms with Crippen molar-refractivity contribution in [2.24, 2.45) is 0 Å². The van der Waals surface area contributed by atoms with Crippen molar-refractivity contribution in [3.63, 3.8) is 0 Å². The minimum Gasteiger partial charge on any atom is -0.368 e. The zero-order chi connectivity index (χ0) is 20.6. The van der Waals surface area contributed by atoms with Crippen LogP contribution in [-0.2, 0) is 11.2 Å². The van der Waals surface area contributed by atoms with Crippen LogP contribution < -0.4 is 16.0 Å². The van der Waals surface area contributed by atoms with Crippen molar-refractivity contribution in [3.8, 4) is 0 Å². The number of benzene rings is 1. The number of carbonyl (C=O) groups excluding carboxylic acids is 1. The highest BCUT2D eigenvalue weighted by Crippen LogP contribution is 2.19. The van der Waals surface area contributed by atoms with E-state index in [1.165, 1.54) is 18.5 Å². The molecule has 3 rings (SSSR count). The summed E-state index contributed by atoms with van der Waals surface area (Å²) in [7, 11) is 0. The maximum atomic E-state index is 13.7. The molecule has 0 fully saturated rings. The van der Waals surface area contributed by atoms with E-state index in [1.807, 2.05) is 19.1 Å². The van der Waals surface area contributed by atoms with Crippen LogP contribution in [-0.4, -0.2) is 33.9 Å². The predicted octanol–water partition coefficient (Wildman–Crippen LogP) is 3.49. The Kier molecular flexibility index (Phi) is 6.91. The standard InChI is InChI=1S/C20H20ClFN6O/c1-13-5-6-23-18(9-13)28-19-11-17(26-12-27-19)24-7-8-25-20(29)10-14-15(21)3-2-4-16(14)22/h2-6,9,11-12H,7-8,10H2,1H3,(H,25,29)(H2,23,24,26,27,28). The highest BCUT2D eigenvalue weighted by molar-refractivity contribution is 6.31. The second kappa shape index (κ2) is 9.79. The summed E-state index contributed by atoms with van der Waals surface area (Å²) in [6.07, 6.45) is 3.03. The summed E-state index contributed by atoms with van der Waals surface area (Å²) in [4.78, 5) is 24.5. The van der Waals surface area contributed by atoms with Crippen molar-refractivity contribution in [2.45, 2.75) is 13.3 Å². The Labute approximate surface area is 172 Å². The largest absolute Gasteiger partial charge is 0.368 e. The third-order valence-corrected chi connectivity index (χ3v) is 4.35. The number of carbonyl (C=O) groups is 1. The molecule has 1 amide bonds. The van der Waals surface area contributed by atoms with Crippen molar-refractivity contribution in [1.29, 1.82) is 0 Å². The predicted molar refractivity (Wildman–Crippen MR) is 111 cm³/mol. The van der Waals surface area contributed by atoms with Gasteiger partial charge in [0, 0.05) is 35.9 Å². The number of hydrogen-bond acceptors (Lipinski definition) is 6. The topological polar surface area (TPSA) is 91.8 Å². The summed E-state index contributed by atoms with van der Waals surface area (Å²) in [5.41, 5.74) is 1.28. The molecule has 0 aliphatic heterocycles. The molecule has 0 bridgehead atoms. The van der Waals surface area contributed by atoms with Gasteiger partial charge in [-0.25, -0.2) is 19.3 Å². The number of nitrogens with zero attached hydrogens (tertiary/aromatic N) is 3. The highest BCUT2D eigenvalue weighted by atomic mass is 35.5. The molecule has 0 unspecified atom stereocenters. The van der Waals surface area contributed by atoms with Crippen LogP contribution in [0.15, 0.2) is 48.9 Å². The van der Waals surface area contributed by atoms with E-state index in [0.717, 1.165) is 5.56 Å². The van der Waals surface area contributed by atoms with E-state index in [9.17, 15) is 9.18 Å². The molecule has 2 aromatic heterocycles. The van der Waals surface area contributed by atoms with Gasteiger partial charge in [0.25, 0.3) is 0 Å². The molecule has 9 heteroatoms. The molecule has 7 nitrogen and oxygen atoms in total. The van der Waals surface area contributed by atoms with Gasteiger partial charge >= 0.3 is 0 Å². The first-order valence-corrected chi connectivity index (χ1v) is 9.34. The van der Waals surface area contributed by atoms with Gasteiger partial charge in [-0.3, -0.25) is 4.79 Å². The fraction of sp³-hybridized carbons (Fsp3) is 0.200. The lowest BCUT2D eigenvalue weighted by atomic mass is 10.1. The first-order chi connectivity index (χ1) is 14.0. The first kappa shape index (κ1) is 20.5. The zero-order valence-electron chi connectivity index (χ0n) is 15.7. The molecule has 2 heterocycles. The summed E-state index contributed by atoms with van der Waals surface area (Å²) in [6, 6.07) is 9.90. The van der Waals surface area contributed by atoms with Crippen molar-refractivity contribution >= 4 is 35.0 Å². The fourth-order valence-electron chi connectivity index (χ4n) is 2.57. The second-order valence-corrected chi connectivity index (χ2v) is 6.69. The molecule has 0 saturated carbocycles. The minimum atomic E-state index is -0.491. The van der Waals surface area contributed by atoms with E-state index < -0.39 is 5.82 Å². The van der Waals surface area contributed by atoms with Crippen LogP contribution in [0.1, 0.15) is 11.1 Å². The zero-order valence-corrected chi connectivity index (χ0v) is 16.5. The lowest BCUT2D eigenvalue weighted by molar-refractivity contribution is -0.120. The summed E-state index contributed by atoms with van der Waals surface area (Å²) in [6.45, 7) is 2.77. The smallest absolute Gasteiger partial charge is 0.224 e. The maximum Gasteiger partial charge on any atom is 0.224 e. The SMILES string of the molecule is Cc1ccnc(Nc2cc(NCCNC(=O)Cc3c(F)cccc3Cl)ncn2)c1. The van der Waals surface area contributed by atoms with Crippen molar-refractivity contribution in [1.82, 2.24) is 20.3 Å². The highest BCUT2D eigenvalue weighted by Gasteiger charge is 2.11. The molecule has 29 heavy (non-hydrogen) atoms. The Morgan fingerprint density at radius 2 is 1.86 bits per heavy atom. The second-order valence-electron chi connectivity index (χ2n) is 6.29. The number of amides is 1. The van der Waals surface area contributed by atoms with E-state index >= 15 is 0 Å². The van der Waals surface area contributed by atoms with Gasteiger partial charge < -0.3 is 16.0 Å². The quantitative estimate of drug-likeness (QED) is 0.489. The third kappa shape index (κ3) is 6.11. The van der Waals surface area contributed by atoms with Crippen LogP contribution in [0.3, 0.4) is 0 Å². The van der Waals surface area contributed by atoms with Gasteiger partial charge in [-0.05, 0) is 36.8 Å². The molecular weight excluding hydrogens is 395 g/mol. The van der Waals surface area contributed by atoms with Crippen molar-refractivity contribution in [3.05, 3.63) is 70.9 Å². The Bertz CT molecular complexity index is 980. The van der Waals surface area contributed by atoms with Gasteiger partial charge in [0.15, 0.2) is 0 Å². The van der Waals surface area contributed by atoms with Crippen molar-refractivity contribution < 1.29 is 9.18 Å². The summed E-state index contributed by atoms with van der Waals surface area (Å²) in [5.74, 6) is 1.08.